The van der Waals surface area contributed by atoms with Gasteiger partial charge in [-0.25, -0.2) is 0 Å². The van der Waals surface area contributed by atoms with Crippen LogP contribution in [0.5, 0.6) is 23.0 Å². The number of nitrogens with one attached hydrogen (secondary N) is 2. The number of hydrogen-bond donors (Lipinski definition) is 6. The Balaban J connectivity index is 1.53. The average Bonchev–Trinajstić information content (AvgIpc) is 2.99. The molecule has 42 heavy (non-hydrogen) atoms. The van der Waals surface area contributed by atoms with E-state index >= 15 is 0 Å². The molecule has 4 aromatic carbocycles. The van der Waals surface area contributed by atoms with Crippen LogP contribution < -0.4 is 10.6 Å². The van der Waals surface area contributed by atoms with Gasteiger partial charge in [0.15, 0.2) is 11.6 Å². The van der Waals surface area contributed by atoms with E-state index in [1.165, 1.54) is 36.4 Å². The van der Waals surface area contributed by atoms with E-state index < -0.39 is 0 Å². The van der Waals surface area contributed by atoms with Gasteiger partial charge in [-0.15, -0.1) is 0 Å². The molecule has 0 heterocycles. The average molecular weight is 567 g/mol. The Kier molecular flexibility index (Phi) is 8.06. The molecular formula is C34H34N2O6. The number of phenolic OH excluding ortho intramolecular Hbond substituents is 4. The molecule has 8 heteroatoms. The molecule has 0 bridgehead atoms. The summed E-state index contributed by atoms with van der Waals surface area (Å²) < 4.78 is 0. The first-order valence-electron chi connectivity index (χ1n) is 14.1. The van der Waals surface area contributed by atoms with Crippen molar-refractivity contribution in [3.05, 3.63) is 106 Å². The number of anilines is 2. The zero-order valence-corrected chi connectivity index (χ0v) is 23.5. The van der Waals surface area contributed by atoms with Crippen LogP contribution in [-0.2, 0) is 12.8 Å². The number of ketones is 2. The number of phenols is 4. The van der Waals surface area contributed by atoms with Crippen molar-refractivity contribution in [1.29, 1.82) is 0 Å². The maximum atomic E-state index is 13.9. The summed E-state index contributed by atoms with van der Waals surface area (Å²) in [4.78, 5) is 27.9. The lowest BCUT2D eigenvalue weighted by Crippen LogP contribution is -2.29. The summed E-state index contributed by atoms with van der Waals surface area (Å²) in [7, 11) is 0. The minimum atomic E-state index is -0.264. The second kappa shape index (κ2) is 11.9. The van der Waals surface area contributed by atoms with Crippen LogP contribution in [0.2, 0.25) is 0 Å². The van der Waals surface area contributed by atoms with Crippen molar-refractivity contribution in [1.82, 2.24) is 0 Å². The summed E-state index contributed by atoms with van der Waals surface area (Å²) in [5, 5.41) is 47.4. The van der Waals surface area contributed by atoms with Gasteiger partial charge in [0.05, 0.1) is 11.1 Å². The molecule has 5 rings (SSSR count). The van der Waals surface area contributed by atoms with Crippen molar-refractivity contribution >= 4 is 22.9 Å². The fraction of sp³-hybridized carbons (Fsp3) is 0.235. The minimum Gasteiger partial charge on any atom is -0.508 e. The molecule has 0 saturated carbocycles. The Morgan fingerprint density at radius 1 is 0.595 bits per heavy atom. The van der Waals surface area contributed by atoms with Gasteiger partial charge in [-0.3, -0.25) is 9.59 Å². The zero-order chi connectivity index (χ0) is 30.0. The Morgan fingerprint density at radius 3 is 1.38 bits per heavy atom. The summed E-state index contributed by atoms with van der Waals surface area (Å²) in [6.45, 7) is 3.95. The van der Waals surface area contributed by atoms with E-state index in [9.17, 15) is 30.0 Å². The molecule has 4 aromatic rings. The molecular weight excluding hydrogens is 532 g/mol. The molecule has 0 radical (unpaired) electrons. The molecule has 216 valence electrons. The highest BCUT2D eigenvalue weighted by molar-refractivity contribution is 6.31. The van der Waals surface area contributed by atoms with Crippen molar-refractivity contribution in [2.75, 3.05) is 10.6 Å². The molecule has 0 aromatic heterocycles. The largest absolute Gasteiger partial charge is 0.508 e. The number of aromatic hydroxyl groups is 4. The van der Waals surface area contributed by atoms with Gasteiger partial charge in [-0.05, 0) is 85.3 Å². The third-order valence-electron chi connectivity index (χ3n) is 7.84. The Labute approximate surface area is 244 Å². The third kappa shape index (κ3) is 5.61. The normalized spacial score (nSPS) is 13.7. The van der Waals surface area contributed by atoms with Gasteiger partial charge in [0.1, 0.15) is 23.0 Å². The van der Waals surface area contributed by atoms with Crippen molar-refractivity contribution in [2.45, 2.75) is 51.6 Å². The molecule has 0 saturated heterocycles. The number of fused-ring (bicyclic) bond motifs is 2. The van der Waals surface area contributed by atoms with Gasteiger partial charge in [0.25, 0.3) is 0 Å². The maximum absolute atomic E-state index is 13.9. The van der Waals surface area contributed by atoms with Gasteiger partial charge >= 0.3 is 0 Å². The third-order valence-corrected chi connectivity index (χ3v) is 7.84. The van der Waals surface area contributed by atoms with Gasteiger partial charge < -0.3 is 31.1 Å². The predicted octanol–water partition coefficient (Wildman–Crippen LogP) is 6.15. The lowest BCUT2D eigenvalue weighted by molar-refractivity contribution is 0.0980. The SMILES string of the molecule is CCC(Cc1cc(O)ccc1O)Nc1ccc(NC(CC)Cc2cc(O)ccc2O)c2c1C(=O)c1ccccc1C2=O. The van der Waals surface area contributed by atoms with E-state index in [1.54, 1.807) is 36.4 Å². The predicted molar refractivity (Wildman–Crippen MR) is 162 cm³/mol. The van der Waals surface area contributed by atoms with E-state index in [0.29, 0.717) is 59.3 Å². The molecule has 6 N–H and O–H groups in total. The molecule has 2 unspecified atom stereocenters. The van der Waals surface area contributed by atoms with Crippen LogP contribution in [0.25, 0.3) is 0 Å². The lowest BCUT2D eigenvalue weighted by Gasteiger charge is -2.28. The summed E-state index contributed by atoms with van der Waals surface area (Å²) in [5.74, 6) is -0.295. The summed E-state index contributed by atoms with van der Waals surface area (Å²) in [6, 6.07) is 18.7. The Hall–Kier alpha value is -4.98. The van der Waals surface area contributed by atoms with Gasteiger partial charge in [0, 0.05) is 34.6 Å². The van der Waals surface area contributed by atoms with Gasteiger partial charge in [-0.2, -0.15) is 0 Å². The number of carbonyl (C=O) groups is 2. The number of rotatable bonds is 10. The number of carbonyl (C=O) groups excluding carboxylic acids is 2. The fourth-order valence-electron chi connectivity index (χ4n) is 5.50. The highest BCUT2D eigenvalue weighted by Crippen LogP contribution is 2.38. The van der Waals surface area contributed by atoms with Crippen LogP contribution in [0.1, 0.15) is 69.7 Å². The highest BCUT2D eigenvalue weighted by Gasteiger charge is 2.34. The van der Waals surface area contributed by atoms with Crippen molar-refractivity contribution in [2.24, 2.45) is 0 Å². The van der Waals surface area contributed by atoms with Crippen LogP contribution in [0, 0.1) is 0 Å². The van der Waals surface area contributed by atoms with E-state index in [2.05, 4.69) is 10.6 Å². The summed E-state index contributed by atoms with van der Waals surface area (Å²) in [5.41, 5.74) is 3.37. The first kappa shape index (κ1) is 28.5. The van der Waals surface area contributed by atoms with E-state index in [1.807, 2.05) is 13.8 Å². The molecule has 2 atom stereocenters. The Bertz CT molecular complexity index is 1540. The fourth-order valence-corrected chi connectivity index (χ4v) is 5.50. The molecule has 0 fully saturated rings. The zero-order valence-electron chi connectivity index (χ0n) is 23.5. The van der Waals surface area contributed by atoms with Crippen LogP contribution in [0.4, 0.5) is 11.4 Å². The molecule has 1 aliphatic rings. The van der Waals surface area contributed by atoms with Crippen LogP contribution in [0.3, 0.4) is 0 Å². The van der Waals surface area contributed by atoms with E-state index in [0.717, 1.165) is 0 Å². The number of hydrogen-bond acceptors (Lipinski definition) is 8. The smallest absolute Gasteiger partial charge is 0.196 e. The minimum absolute atomic E-state index is 0.0485. The van der Waals surface area contributed by atoms with Crippen LogP contribution >= 0.6 is 0 Å². The van der Waals surface area contributed by atoms with Gasteiger partial charge in [-0.1, -0.05) is 38.1 Å². The van der Waals surface area contributed by atoms with Crippen molar-refractivity contribution in [3.63, 3.8) is 0 Å². The standard InChI is InChI=1S/C34H34N2O6/c1-3-21(15-19-17-23(37)9-13-29(19)39)35-27-11-12-28(36-22(4-2)16-20-18-24(38)10-14-30(20)40)32-31(27)33(41)25-7-5-6-8-26(25)34(32)42/h5-14,17-18,21-22,35-40H,3-4,15-16H2,1-2H3. The van der Waals surface area contributed by atoms with E-state index in [-0.39, 0.29) is 57.8 Å². The lowest BCUT2D eigenvalue weighted by atomic mass is 9.82. The van der Waals surface area contributed by atoms with Crippen molar-refractivity contribution in [3.8, 4) is 23.0 Å². The van der Waals surface area contributed by atoms with Gasteiger partial charge in [0.2, 0.25) is 0 Å². The number of benzene rings is 4. The first-order valence-corrected chi connectivity index (χ1v) is 14.1. The highest BCUT2D eigenvalue weighted by atomic mass is 16.3. The van der Waals surface area contributed by atoms with Crippen LogP contribution in [-0.4, -0.2) is 44.1 Å². The molecule has 0 amide bonds. The molecule has 0 aliphatic heterocycles. The van der Waals surface area contributed by atoms with Crippen LogP contribution in [0.15, 0.2) is 72.8 Å². The summed E-state index contributed by atoms with van der Waals surface area (Å²) in [6.07, 6.45) is 2.06. The second-order valence-electron chi connectivity index (χ2n) is 10.6. The van der Waals surface area contributed by atoms with E-state index in [4.69, 9.17) is 0 Å². The summed E-state index contributed by atoms with van der Waals surface area (Å²) >= 11 is 0. The van der Waals surface area contributed by atoms with Crippen molar-refractivity contribution < 1.29 is 30.0 Å². The monoisotopic (exact) mass is 566 g/mol. The first-order chi connectivity index (χ1) is 20.2. The molecule has 1 aliphatic carbocycles. The maximum Gasteiger partial charge on any atom is 0.196 e. The molecule has 0 spiro atoms. The molecule has 8 nitrogen and oxygen atoms in total. The quantitative estimate of drug-likeness (QED) is 0.111. The second-order valence-corrected chi connectivity index (χ2v) is 10.6. The Morgan fingerprint density at radius 2 is 1.00 bits per heavy atom. The topological polar surface area (TPSA) is 139 Å².